The van der Waals surface area contributed by atoms with E-state index < -0.39 is 0 Å². The van der Waals surface area contributed by atoms with E-state index in [4.69, 9.17) is 0 Å². The van der Waals surface area contributed by atoms with Crippen molar-refractivity contribution in [2.24, 2.45) is 0 Å². The van der Waals surface area contributed by atoms with Gasteiger partial charge in [-0.05, 0) is 20.3 Å². The molecule has 0 N–H and O–H groups in total. The second-order valence-corrected chi connectivity index (χ2v) is 2.85. The van der Waals surface area contributed by atoms with E-state index in [1.54, 1.807) is 0 Å². The highest BCUT2D eigenvalue weighted by atomic mass is 16.1. The van der Waals surface area contributed by atoms with Crippen LogP contribution in [0.5, 0.6) is 0 Å². The van der Waals surface area contributed by atoms with Gasteiger partial charge in [-0.15, -0.1) is 0 Å². The molecule has 0 spiro atoms. The van der Waals surface area contributed by atoms with Crippen LogP contribution in [-0.4, -0.2) is 11.6 Å². The zero-order valence-electron chi connectivity index (χ0n) is 7.80. The van der Waals surface area contributed by atoms with Crippen LogP contribution in [0.4, 0.5) is 0 Å². The summed E-state index contributed by atoms with van der Waals surface area (Å²) < 4.78 is 0. The molecule has 68 valence electrons. The van der Waals surface area contributed by atoms with Crippen LogP contribution in [0.1, 0.15) is 39.5 Å². The van der Waals surface area contributed by atoms with E-state index in [2.05, 4.69) is 0 Å². The van der Waals surface area contributed by atoms with Gasteiger partial charge in [0, 0.05) is 19.3 Å². The summed E-state index contributed by atoms with van der Waals surface area (Å²) in [4.78, 5) is 21.5. The van der Waals surface area contributed by atoms with E-state index in [0.717, 1.165) is 6.42 Å². The summed E-state index contributed by atoms with van der Waals surface area (Å²) in [6.45, 7) is 3.44. The maximum Gasteiger partial charge on any atom is 0.133 e. The molecule has 0 aromatic heterocycles. The summed E-state index contributed by atoms with van der Waals surface area (Å²) in [5, 5.41) is 0. The minimum atomic E-state index is 0.0920. The predicted molar refractivity (Wildman–Crippen MR) is 49.0 cm³/mol. The van der Waals surface area contributed by atoms with Crippen molar-refractivity contribution in [2.75, 3.05) is 0 Å². The Balaban J connectivity index is 3.40. The van der Waals surface area contributed by atoms with Crippen molar-refractivity contribution in [1.29, 1.82) is 0 Å². The highest BCUT2D eigenvalue weighted by Crippen LogP contribution is 1.99. The first-order valence-corrected chi connectivity index (χ1v) is 4.29. The van der Waals surface area contributed by atoms with Crippen molar-refractivity contribution in [2.45, 2.75) is 39.5 Å². The van der Waals surface area contributed by atoms with Crippen LogP contribution in [0.15, 0.2) is 12.2 Å². The second kappa shape index (κ2) is 6.77. The SMILES string of the molecule is CC=CCCC(=O)CCC(C)=O. The third kappa shape index (κ3) is 7.19. The molecule has 0 fully saturated rings. The summed E-state index contributed by atoms with van der Waals surface area (Å²) in [6, 6.07) is 0. The van der Waals surface area contributed by atoms with Crippen LogP contribution < -0.4 is 0 Å². The van der Waals surface area contributed by atoms with Crippen molar-refractivity contribution in [3.05, 3.63) is 12.2 Å². The standard InChI is InChI=1S/C10H16O2/c1-3-4-5-6-10(12)8-7-9(2)11/h3-4H,5-8H2,1-2H3. The van der Waals surface area contributed by atoms with Crippen LogP contribution in [-0.2, 0) is 9.59 Å². The largest absolute Gasteiger partial charge is 0.300 e. The molecule has 0 unspecified atom stereocenters. The first kappa shape index (κ1) is 11.1. The number of carbonyl (C=O) groups excluding carboxylic acids is 2. The van der Waals surface area contributed by atoms with E-state index in [1.165, 1.54) is 6.92 Å². The lowest BCUT2D eigenvalue weighted by atomic mass is 10.1. The zero-order valence-corrected chi connectivity index (χ0v) is 7.80. The van der Waals surface area contributed by atoms with E-state index in [-0.39, 0.29) is 11.6 Å². The first-order valence-electron chi connectivity index (χ1n) is 4.29. The van der Waals surface area contributed by atoms with Crippen molar-refractivity contribution in [1.82, 2.24) is 0 Å². The quantitative estimate of drug-likeness (QED) is 0.570. The van der Waals surface area contributed by atoms with Crippen LogP contribution in [0.2, 0.25) is 0 Å². The van der Waals surface area contributed by atoms with Crippen LogP contribution in [0, 0.1) is 0 Å². The van der Waals surface area contributed by atoms with Crippen molar-refractivity contribution in [3.63, 3.8) is 0 Å². The minimum Gasteiger partial charge on any atom is -0.300 e. The molecule has 0 atom stereocenters. The van der Waals surface area contributed by atoms with Gasteiger partial charge in [0.2, 0.25) is 0 Å². The van der Waals surface area contributed by atoms with Crippen molar-refractivity contribution < 1.29 is 9.59 Å². The Bertz CT molecular complexity index is 180. The molecular formula is C10H16O2. The Morgan fingerprint density at radius 3 is 2.33 bits per heavy atom. The molecule has 0 rings (SSSR count). The molecule has 0 aromatic carbocycles. The van der Waals surface area contributed by atoms with E-state index >= 15 is 0 Å². The molecule has 0 amide bonds. The van der Waals surface area contributed by atoms with Gasteiger partial charge in [-0.2, -0.15) is 0 Å². The van der Waals surface area contributed by atoms with Crippen LogP contribution in [0.25, 0.3) is 0 Å². The third-order valence-electron chi connectivity index (χ3n) is 1.58. The lowest BCUT2D eigenvalue weighted by Crippen LogP contribution is -2.00. The number of Topliss-reactive ketones (excluding diaryl/α,β-unsaturated/α-hetero) is 2. The number of ketones is 2. The predicted octanol–water partition coefficient (Wildman–Crippen LogP) is 2.28. The average molecular weight is 168 g/mol. The van der Waals surface area contributed by atoms with E-state index in [1.807, 2.05) is 19.1 Å². The van der Waals surface area contributed by atoms with Gasteiger partial charge in [0.05, 0.1) is 0 Å². The first-order chi connectivity index (χ1) is 5.66. The Kier molecular flexibility index (Phi) is 6.25. The van der Waals surface area contributed by atoms with Crippen molar-refractivity contribution in [3.8, 4) is 0 Å². The summed E-state index contributed by atoms with van der Waals surface area (Å²) >= 11 is 0. The van der Waals surface area contributed by atoms with Gasteiger partial charge in [-0.25, -0.2) is 0 Å². The van der Waals surface area contributed by atoms with Gasteiger partial charge in [-0.3, -0.25) is 4.79 Å². The number of hydrogen-bond acceptors (Lipinski definition) is 2. The molecule has 0 bridgehead atoms. The minimum absolute atomic E-state index is 0.0920. The molecule has 12 heavy (non-hydrogen) atoms. The Morgan fingerprint density at radius 1 is 1.17 bits per heavy atom. The Labute approximate surface area is 73.7 Å². The fraction of sp³-hybridized carbons (Fsp3) is 0.600. The molecule has 0 radical (unpaired) electrons. The highest BCUT2D eigenvalue weighted by Gasteiger charge is 2.01. The summed E-state index contributed by atoms with van der Waals surface area (Å²) in [7, 11) is 0. The molecule has 0 heterocycles. The molecule has 0 aliphatic heterocycles. The number of hydrogen-bond donors (Lipinski definition) is 0. The molecule has 0 saturated heterocycles. The third-order valence-corrected chi connectivity index (χ3v) is 1.58. The fourth-order valence-electron chi connectivity index (χ4n) is 0.851. The smallest absolute Gasteiger partial charge is 0.133 e. The Hall–Kier alpha value is -0.920. The van der Waals surface area contributed by atoms with Gasteiger partial charge < -0.3 is 4.79 Å². The van der Waals surface area contributed by atoms with E-state index in [0.29, 0.717) is 19.3 Å². The molecule has 0 aliphatic carbocycles. The monoisotopic (exact) mass is 168 g/mol. The van der Waals surface area contributed by atoms with Gasteiger partial charge in [0.25, 0.3) is 0 Å². The summed E-state index contributed by atoms with van der Waals surface area (Å²) in [5.74, 6) is 0.276. The Morgan fingerprint density at radius 2 is 1.83 bits per heavy atom. The number of allylic oxidation sites excluding steroid dienone is 2. The van der Waals surface area contributed by atoms with Gasteiger partial charge in [0.15, 0.2) is 0 Å². The molecule has 0 saturated carbocycles. The maximum absolute atomic E-state index is 11.0. The summed E-state index contributed by atoms with van der Waals surface area (Å²) in [6.07, 6.45) is 6.07. The molecule has 0 aliphatic rings. The van der Waals surface area contributed by atoms with Gasteiger partial charge >= 0.3 is 0 Å². The second-order valence-electron chi connectivity index (χ2n) is 2.85. The molecular weight excluding hydrogens is 152 g/mol. The van der Waals surface area contributed by atoms with Gasteiger partial charge in [0.1, 0.15) is 11.6 Å². The molecule has 2 heteroatoms. The molecule has 0 aromatic rings. The topological polar surface area (TPSA) is 34.1 Å². The van der Waals surface area contributed by atoms with Crippen molar-refractivity contribution >= 4 is 11.6 Å². The van der Waals surface area contributed by atoms with Crippen LogP contribution in [0.3, 0.4) is 0 Å². The lowest BCUT2D eigenvalue weighted by molar-refractivity contribution is -0.123. The lowest BCUT2D eigenvalue weighted by Gasteiger charge is -1.95. The average Bonchev–Trinajstić information content (AvgIpc) is 2.01. The van der Waals surface area contributed by atoms with Crippen LogP contribution >= 0.6 is 0 Å². The maximum atomic E-state index is 11.0. The zero-order chi connectivity index (χ0) is 9.40. The fourth-order valence-corrected chi connectivity index (χ4v) is 0.851. The number of carbonyl (C=O) groups is 2. The summed E-state index contributed by atoms with van der Waals surface area (Å²) in [5.41, 5.74) is 0. The van der Waals surface area contributed by atoms with E-state index in [9.17, 15) is 9.59 Å². The molecule has 2 nitrogen and oxygen atoms in total. The number of rotatable bonds is 6. The highest BCUT2D eigenvalue weighted by molar-refractivity contribution is 5.84. The normalized spacial score (nSPS) is 10.5. The van der Waals surface area contributed by atoms with Gasteiger partial charge in [-0.1, -0.05) is 12.2 Å².